The summed E-state index contributed by atoms with van der Waals surface area (Å²) in [7, 11) is 0. The number of carbonyl (C=O) groups excluding carboxylic acids is 1. The molecule has 0 saturated carbocycles. The number of carbonyl (C=O) groups is 2. The summed E-state index contributed by atoms with van der Waals surface area (Å²) >= 11 is 0. The van der Waals surface area contributed by atoms with Crippen LogP contribution in [0.5, 0.6) is 0 Å². The maximum absolute atomic E-state index is 11.8. The molecule has 1 N–H and O–H groups in total. The van der Waals surface area contributed by atoms with Gasteiger partial charge in [0.15, 0.2) is 0 Å². The summed E-state index contributed by atoms with van der Waals surface area (Å²) in [5.74, 6) is -1.40. The van der Waals surface area contributed by atoms with E-state index >= 15 is 0 Å². The van der Waals surface area contributed by atoms with E-state index in [0.717, 1.165) is 5.69 Å². The van der Waals surface area contributed by atoms with Crippen LogP contribution in [-0.4, -0.2) is 40.0 Å². The van der Waals surface area contributed by atoms with Gasteiger partial charge in [0.2, 0.25) is 0 Å². The van der Waals surface area contributed by atoms with E-state index < -0.39 is 11.9 Å². The van der Waals surface area contributed by atoms with Crippen molar-refractivity contribution in [3.8, 4) is 0 Å². The molecule has 0 radical (unpaired) electrons. The standard InChI is InChI=1S/C11H12N2O3/c1-7-2-3-8(4-12-7)10(14)13-5-9(6-13)11(15)16/h2-4,9H,5-6H2,1H3,(H,15,16). The lowest BCUT2D eigenvalue weighted by Crippen LogP contribution is -2.53. The van der Waals surface area contributed by atoms with Crippen LogP contribution in [0.4, 0.5) is 0 Å². The number of aliphatic carboxylic acids is 1. The van der Waals surface area contributed by atoms with Gasteiger partial charge in [0.1, 0.15) is 0 Å². The van der Waals surface area contributed by atoms with Crippen LogP contribution in [-0.2, 0) is 4.79 Å². The van der Waals surface area contributed by atoms with Crippen LogP contribution >= 0.6 is 0 Å². The molecule has 1 aromatic heterocycles. The quantitative estimate of drug-likeness (QED) is 0.790. The van der Waals surface area contributed by atoms with E-state index in [0.29, 0.717) is 18.7 Å². The van der Waals surface area contributed by atoms with Crippen LogP contribution in [0.2, 0.25) is 0 Å². The van der Waals surface area contributed by atoms with Crippen molar-refractivity contribution in [2.75, 3.05) is 13.1 Å². The summed E-state index contributed by atoms with van der Waals surface area (Å²) in [6, 6.07) is 3.47. The molecule has 0 atom stereocenters. The number of rotatable bonds is 2. The Kier molecular flexibility index (Phi) is 2.60. The van der Waals surface area contributed by atoms with E-state index in [1.54, 1.807) is 12.1 Å². The number of hydrogen-bond acceptors (Lipinski definition) is 3. The van der Waals surface area contributed by atoms with Crippen LogP contribution in [0.1, 0.15) is 16.1 Å². The lowest BCUT2D eigenvalue weighted by atomic mass is 9.99. The molecule has 84 valence electrons. The molecule has 0 unspecified atom stereocenters. The molecule has 1 aliphatic rings. The predicted molar refractivity (Wildman–Crippen MR) is 56.0 cm³/mol. The summed E-state index contributed by atoms with van der Waals surface area (Å²) in [6.45, 7) is 2.43. The first-order valence-corrected chi connectivity index (χ1v) is 5.02. The van der Waals surface area contributed by atoms with Crippen molar-refractivity contribution >= 4 is 11.9 Å². The molecule has 5 nitrogen and oxygen atoms in total. The average molecular weight is 220 g/mol. The zero-order chi connectivity index (χ0) is 11.7. The molecule has 0 aromatic carbocycles. The fourth-order valence-corrected chi connectivity index (χ4v) is 1.58. The van der Waals surface area contributed by atoms with Crippen molar-refractivity contribution in [2.45, 2.75) is 6.92 Å². The highest BCUT2D eigenvalue weighted by molar-refractivity contribution is 5.95. The van der Waals surface area contributed by atoms with E-state index in [1.807, 2.05) is 6.92 Å². The number of aryl methyl sites for hydroxylation is 1. The van der Waals surface area contributed by atoms with Gasteiger partial charge in [-0.05, 0) is 19.1 Å². The van der Waals surface area contributed by atoms with Crippen molar-refractivity contribution < 1.29 is 14.7 Å². The van der Waals surface area contributed by atoms with Gasteiger partial charge >= 0.3 is 5.97 Å². The van der Waals surface area contributed by atoms with Gasteiger partial charge in [0.25, 0.3) is 5.91 Å². The number of aromatic nitrogens is 1. The molecule has 0 bridgehead atoms. The second-order valence-corrected chi connectivity index (χ2v) is 3.93. The first kappa shape index (κ1) is 10.6. The predicted octanol–water partition coefficient (Wildman–Crippen LogP) is 0.547. The summed E-state index contributed by atoms with van der Waals surface area (Å²) < 4.78 is 0. The molecule has 5 heteroatoms. The normalized spacial score (nSPS) is 15.7. The summed E-state index contributed by atoms with van der Waals surface area (Å²) in [4.78, 5) is 27.9. The number of pyridine rings is 1. The molecule has 1 amide bonds. The lowest BCUT2D eigenvalue weighted by Gasteiger charge is -2.36. The topological polar surface area (TPSA) is 70.5 Å². The smallest absolute Gasteiger partial charge is 0.310 e. The fraction of sp³-hybridized carbons (Fsp3) is 0.364. The second-order valence-electron chi connectivity index (χ2n) is 3.93. The molecule has 2 rings (SSSR count). The first-order valence-electron chi connectivity index (χ1n) is 5.02. The maximum Gasteiger partial charge on any atom is 0.310 e. The summed E-state index contributed by atoms with van der Waals surface area (Å²) in [6.07, 6.45) is 1.52. The molecule has 1 fully saturated rings. The van der Waals surface area contributed by atoms with Gasteiger partial charge in [-0.3, -0.25) is 14.6 Å². The van der Waals surface area contributed by atoms with Gasteiger partial charge in [-0.25, -0.2) is 0 Å². The average Bonchev–Trinajstić information content (AvgIpc) is 2.15. The molecule has 2 heterocycles. The molecule has 0 aliphatic carbocycles. The Morgan fingerprint density at radius 1 is 1.44 bits per heavy atom. The maximum atomic E-state index is 11.8. The minimum Gasteiger partial charge on any atom is -0.481 e. The van der Waals surface area contributed by atoms with Gasteiger partial charge in [-0.1, -0.05) is 0 Å². The molecule has 16 heavy (non-hydrogen) atoms. The Labute approximate surface area is 92.7 Å². The fourth-order valence-electron chi connectivity index (χ4n) is 1.58. The van der Waals surface area contributed by atoms with Gasteiger partial charge in [-0.2, -0.15) is 0 Å². The molecule has 1 saturated heterocycles. The number of nitrogens with zero attached hydrogens (tertiary/aromatic N) is 2. The molecule has 0 spiro atoms. The van der Waals surface area contributed by atoms with Crippen LogP contribution in [0.15, 0.2) is 18.3 Å². The summed E-state index contributed by atoms with van der Waals surface area (Å²) in [5, 5.41) is 8.69. The van der Waals surface area contributed by atoms with Crippen molar-refractivity contribution in [3.63, 3.8) is 0 Å². The van der Waals surface area contributed by atoms with Crippen LogP contribution in [0, 0.1) is 12.8 Å². The third-order valence-electron chi connectivity index (χ3n) is 2.68. The first-order chi connectivity index (χ1) is 7.58. The second kappa shape index (κ2) is 3.92. The third-order valence-corrected chi connectivity index (χ3v) is 2.68. The highest BCUT2D eigenvalue weighted by Crippen LogP contribution is 2.18. The van der Waals surface area contributed by atoms with E-state index in [-0.39, 0.29) is 5.91 Å². The van der Waals surface area contributed by atoms with Crippen molar-refractivity contribution in [3.05, 3.63) is 29.6 Å². The number of amides is 1. The van der Waals surface area contributed by atoms with Gasteiger partial charge < -0.3 is 10.0 Å². The minimum atomic E-state index is -0.842. The third kappa shape index (κ3) is 1.88. The lowest BCUT2D eigenvalue weighted by molar-refractivity contribution is -0.146. The van der Waals surface area contributed by atoms with Crippen molar-refractivity contribution in [1.82, 2.24) is 9.88 Å². The zero-order valence-corrected chi connectivity index (χ0v) is 8.88. The minimum absolute atomic E-state index is 0.148. The highest BCUT2D eigenvalue weighted by Gasteiger charge is 2.35. The Morgan fingerprint density at radius 3 is 2.62 bits per heavy atom. The van der Waals surface area contributed by atoms with Crippen LogP contribution in [0.3, 0.4) is 0 Å². The Bertz CT molecular complexity index is 421. The largest absolute Gasteiger partial charge is 0.481 e. The monoisotopic (exact) mass is 220 g/mol. The summed E-state index contributed by atoms with van der Waals surface area (Å²) in [5.41, 5.74) is 1.36. The molecule has 1 aliphatic heterocycles. The molecular weight excluding hydrogens is 208 g/mol. The van der Waals surface area contributed by atoms with E-state index in [4.69, 9.17) is 5.11 Å². The molecular formula is C11H12N2O3. The number of hydrogen-bond donors (Lipinski definition) is 1. The van der Waals surface area contributed by atoms with Gasteiger partial charge in [0.05, 0.1) is 11.5 Å². The van der Waals surface area contributed by atoms with Crippen molar-refractivity contribution in [1.29, 1.82) is 0 Å². The van der Waals surface area contributed by atoms with Gasteiger partial charge in [0, 0.05) is 25.0 Å². The number of likely N-dealkylation sites (tertiary alicyclic amines) is 1. The van der Waals surface area contributed by atoms with E-state index in [9.17, 15) is 9.59 Å². The highest BCUT2D eigenvalue weighted by atomic mass is 16.4. The Balaban J connectivity index is 2.00. The van der Waals surface area contributed by atoms with E-state index in [1.165, 1.54) is 11.1 Å². The van der Waals surface area contributed by atoms with Crippen molar-refractivity contribution in [2.24, 2.45) is 5.92 Å². The SMILES string of the molecule is Cc1ccc(C(=O)N2CC(C(=O)O)C2)cn1. The molecule has 1 aromatic rings. The van der Waals surface area contributed by atoms with Crippen LogP contribution in [0.25, 0.3) is 0 Å². The zero-order valence-electron chi connectivity index (χ0n) is 8.88. The van der Waals surface area contributed by atoms with Crippen LogP contribution < -0.4 is 0 Å². The number of carboxylic acids is 1. The number of carboxylic acid groups (broad SMARTS) is 1. The van der Waals surface area contributed by atoms with E-state index in [2.05, 4.69) is 4.98 Å². The van der Waals surface area contributed by atoms with Gasteiger partial charge in [-0.15, -0.1) is 0 Å². The Hall–Kier alpha value is -1.91. The Morgan fingerprint density at radius 2 is 2.12 bits per heavy atom.